The van der Waals surface area contributed by atoms with E-state index in [9.17, 15) is 0 Å². The molecule has 0 spiro atoms. The molecule has 1 aliphatic carbocycles. The van der Waals surface area contributed by atoms with Gasteiger partial charge in [-0.3, -0.25) is 0 Å². The first kappa shape index (κ1) is 11.4. The van der Waals surface area contributed by atoms with Crippen molar-refractivity contribution >= 4 is 0 Å². The predicted octanol–water partition coefficient (Wildman–Crippen LogP) is 2.96. The Morgan fingerprint density at radius 2 is 1.94 bits per heavy atom. The minimum atomic E-state index is 0.470. The number of hydrogen-bond donors (Lipinski definition) is 1. The summed E-state index contributed by atoms with van der Waals surface area (Å²) in [4.78, 5) is 0. The van der Waals surface area contributed by atoms with Gasteiger partial charge in [-0.05, 0) is 43.4 Å². The summed E-state index contributed by atoms with van der Waals surface area (Å²) in [6, 6.07) is 9.28. The monoisotopic (exact) mass is 215 g/mol. The molecule has 1 N–H and O–H groups in total. The van der Waals surface area contributed by atoms with E-state index in [1.165, 1.54) is 29.5 Å². The maximum absolute atomic E-state index is 4.12. The van der Waals surface area contributed by atoms with Crippen LogP contribution in [0.5, 0.6) is 0 Å². The lowest BCUT2D eigenvalue weighted by Crippen LogP contribution is -2.37. The molecular formula is C15H21N. The molecule has 1 aromatic rings. The number of hydrogen-bond acceptors (Lipinski definition) is 1. The van der Waals surface area contributed by atoms with E-state index in [1.54, 1.807) is 0 Å². The number of nitrogens with one attached hydrogen (secondary N) is 1. The molecule has 0 saturated carbocycles. The molecule has 0 amide bonds. The molecule has 1 aliphatic rings. The molecule has 1 aromatic carbocycles. The SMILES string of the molecule is C=C(C)C(NCC)C1Cc2ccccc2C1. The molecule has 0 bridgehead atoms. The van der Waals surface area contributed by atoms with Gasteiger partial charge in [-0.25, -0.2) is 0 Å². The highest BCUT2D eigenvalue weighted by Gasteiger charge is 2.28. The highest BCUT2D eigenvalue weighted by molar-refractivity contribution is 5.33. The highest BCUT2D eigenvalue weighted by Crippen LogP contribution is 2.30. The van der Waals surface area contributed by atoms with Crippen molar-refractivity contribution in [3.8, 4) is 0 Å². The van der Waals surface area contributed by atoms with Crippen molar-refractivity contribution in [1.29, 1.82) is 0 Å². The third-order valence-electron chi connectivity index (χ3n) is 3.51. The number of likely N-dealkylation sites (N-methyl/N-ethyl adjacent to an activating group) is 1. The van der Waals surface area contributed by atoms with E-state index < -0.39 is 0 Å². The summed E-state index contributed by atoms with van der Waals surface area (Å²) in [7, 11) is 0. The average molecular weight is 215 g/mol. The largest absolute Gasteiger partial charge is 0.310 e. The molecule has 1 unspecified atom stereocenters. The van der Waals surface area contributed by atoms with E-state index >= 15 is 0 Å². The van der Waals surface area contributed by atoms with Gasteiger partial charge >= 0.3 is 0 Å². The van der Waals surface area contributed by atoms with Crippen LogP contribution in [0.15, 0.2) is 36.4 Å². The Morgan fingerprint density at radius 1 is 1.38 bits per heavy atom. The van der Waals surface area contributed by atoms with Crippen molar-refractivity contribution in [2.24, 2.45) is 5.92 Å². The van der Waals surface area contributed by atoms with Gasteiger partial charge in [0.2, 0.25) is 0 Å². The summed E-state index contributed by atoms with van der Waals surface area (Å²) >= 11 is 0. The fourth-order valence-electron chi connectivity index (χ4n) is 2.79. The Kier molecular flexibility index (Phi) is 3.45. The molecule has 0 radical (unpaired) electrons. The first-order chi connectivity index (χ1) is 7.72. The van der Waals surface area contributed by atoms with Gasteiger partial charge in [0.05, 0.1) is 0 Å². The molecule has 1 atom stereocenters. The van der Waals surface area contributed by atoms with Gasteiger partial charge in [-0.1, -0.05) is 43.3 Å². The normalized spacial score (nSPS) is 17.1. The maximum Gasteiger partial charge on any atom is 0.0308 e. The molecule has 86 valence electrons. The van der Waals surface area contributed by atoms with Crippen LogP contribution in [0.2, 0.25) is 0 Å². The van der Waals surface area contributed by atoms with Crippen LogP contribution in [0.3, 0.4) is 0 Å². The second-order valence-corrected chi connectivity index (χ2v) is 4.82. The van der Waals surface area contributed by atoms with Crippen LogP contribution >= 0.6 is 0 Å². The van der Waals surface area contributed by atoms with Gasteiger partial charge < -0.3 is 5.32 Å². The third-order valence-corrected chi connectivity index (χ3v) is 3.51. The zero-order chi connectivity index (χ0) is 11.5. The van der Waals surface area contributed by atoms with E-state index in [0.29, 0.717) is 12.0 Å². The Balaban J connectivity index is 2.12. The van der Waals surface area contributed by atoms with E-state index in [2.05, 4.69) is 50.0 Å². The van der Waals surface area contributed by atoms with Crippen LogP contribution in [0.1, 0.15) is 25.0 Å². The summed E-state index contributed by atoms with van der Waals surface area (Å²) < 4.78 is 0. The lowest BCUT2D eigenvalue weighted by molar-refractivity contribution is 0.413. The summed E-state index contributed by atoms with van der Waals surface area (Å²) in [5.41, 5.74) is 4.31. The second-order valence-electron chi connectivity index (χ2n) is 4.82. The van der Waals surface area contributed by atoms with Gasteiger partial charge in [0.15, 0.2) is 0 Å². The molecule has 16 heavy (non-hydrogen) atoms. The molecule has 1 heteroatoms. The zero-order valence-electron chi connectivity index (χ0n) is 10.3. The van der Waals surface area contributed by atoms with Gasteiger partial charge in [0.1, 0.15) is 0 Å². The third kappa shape index (κ3) is 2.19. The minimum Gasteiger partial charge on any atom is -0.310 e. The number of fused-ring (bicyclic) bond motifs is 1. The Bertz CT molecular complexity index is 356. The Labute approximate surface area is 98.6 Å². The van der Waals surface area contributed by atoms with Gasteiger partial charge in [-0.2, -0.15) is 0 Å². The molecule has 0 fully saturated rings. The van der Waals surface area contributed by atoms with E-state index in [4.69, 9.17) is 0 Å². The van der Waals surface area contributed by atoms with Crippen LogP contribution < -0.4 is 5.32 Å². The van der Waals surface area contributed by atoms with Crippen LogP contribution in [0.25, 0.3) is 0 Å². The van der Waals surface area contributed by atoms with Crippen molar-refractivity contribution < 1.29 is 0 Å². The van der Waals surface area contributed by atoms with Gasteiger partial charge in [0.25, 0.3) is 0 Å². The second kappa shape index (κ2) is 4.84. The van der Waals surface area contributed by atoms with E-state index in [-0.39, 0.29) is 0 Å². The van der Waals surface area contributed by atoms with Gasteiger partial charge in [-0.15, -0.1) is 0 Å². The van der Waals surface area contributed by atoms with Crippen LogP contribution in [0, 0.1) is 5.92 Å². The summed E-state index contributed by atoms with van der Waals surface area (Å²) in [5.74, 6) is 0.690. The van der Waals surface area contributed by atoms with Crippen molar-refractivity contribution in [3.63, 3.8) is 0 Å². The predicted molar refractivity (Wildman–Crippen MR) is 69.6 cm³/mol. The van der Waals surface area contributed by atoms with Gasteiger partial charge in [0, 0.05) is 6.04 Å². The lowest BCUT2D eigenvalue weighted by Gasteiger charge is -2.24. The smallest absolute Gasteiger partial charge is 0.0308 e. The van der Waals surface area contributed by atoms with Crippen LogP contribution in [-0.2, 0) is 12.8 Å². The van der Waals surface area contributed by atoms with Crippen molar-refractivity contribution in [2.45, 2.75) is 32.7 Å². The minimum absolute atomic E-state index is 0.470. The molecular weight excluding hydrogens is 194 g/mol. The highest BCUT2D eigenvalue weighted by atomic mass is 14.9. The van der Waals surface area contributed by atoms with E-state index in [0.717, 1.165) is 6.54 Å². The van der Waals surface area contributed by atoms with Crippen molar-refractivity contribution in [2.75, 3.05) is 6.54 Å². The fraction of sp³-hybridized carbons (Fsp3) is 0.467. The first-order valence-corrected chi connectivity index (χ1v) is 6.18. The number of rotatable bonds is 4. The first-order valence-electron chi connectivity index (χ1n) is 6.18. The fourth-order valence-corrected chi connectivity index (χ4v) is 2.79. The Morgan fingerprint density at radius 3 is 2.38 bits per heavy atom. The molecule has 0 saturated heterocycles. The summed E-state index contributed by atoms with van der Waals surface area (Å²) in [5, 5.41) is 3.56. The molecule has 0 heterocycles. The molecule has 0 aliphatic heterocycles. The van der Waals surface area contributed by atoms with E-state index in [1.807, 2.05) is 0 Å². The van der Waals surface area contributed by atoms with Crippen molar-refractivity contribution in [3.05, 3.63) is 47.5 Å². The van der Waals surface area contributed by atoms with Crippen LogP contribution in [-0.4, -0.2) is 12.6 Å². The molecule has 0 aromatic heterocycles. The Hall–Kier alpha value is -1.08. The zero-order valence-corrected chi connectivity index (χ0v) is 10.3. The van der Waals surface area contributed by atoms with Crippen molar-refractivity contribution in [1.82, 2.24) is 5.32 Å². The summed E-state index contributed by atoms with van der Waals surface area (Å²) in [6.45, 7) is 9.44. The topological polar surface area (TPSA) is 12.0 Å². The standard InChI is InChI=1S/C15H21N/c1-4-16-15(11(2)3)14-9-12-7-5-6-8-13(12)10-14/h5-8,14-16H,2,4,9-10H2,1,3H3. The number of benzene rings is 1. The van der Waals surface area contributed by atoms with Crippen LogP contribution in [0.4, 0.5) is 0 Å². The average Bonchev–Trinajstić information content (AvgIpc) is 2.68. The molecule has 2 rings (SSSR count). The quantitative estimate of drug-likeness (QED) is 0.761. The summed E-state index contributed by atoms with van der Waals surface area (Å²) in [6.07, 6.45) is 2.39. The maximum atomic E-state index is 4.12. The molecule has 1 nitrogen and oxygen atoms in total. The lowest BCUT2D eigenvalue weighted by atomic mass is 9.92.